The molecule has 1 aromatic carbocycles. The van der Waals surface area contributed by atoms with Crippen LogP contribution in [0.3, 0.4) is 0 Å². The van der Waals surface area contributed by atoms with E-state index in [0.717, 1.165) is 0 Å². The molecule has 0 saturated carbocycles. The van der Waals surface area contributed by atoms with Crippen molar-refractivity contribution in [3.8, 4) is 0 Å². The fraction of sp³-hybridized carbons (Fsp3) is 0.714. The van der Waals surface area contributed by atoms with Gasteiger partial charge in [0.15, 0.2) is 0 Å². The van der Waals surface area contributed by atoms with Crippen LogP contribution >= 0.6 is 24.0 Å². The van der Waals surface area contributed by atoms with Crippen LogP contribution in [-0.4, -0.2) is 0 Å². The van der Waals surface area contributed by atoms with Gasteiger partial charge in [-0.25, -0.2) is 0 Å². The van der Waals surface area contributed by atoms with E-state index in [-0.39, 0.29) is 23.4 Å². The number of hydrogen-bond donors (Lipinski definition) is 1. The molecular formula is C21H39Cl2N. The molecule has 1 rings (SSSR count). The average Bonchev–Trinajstić information content (AvgIpc) is 2.48. The highest BCUT2D eigenvalue weighted by Crippen LogP contribution is 2.31. The Morgan fingerprint density at radius 2 is 1.25 bits per heavy atom. The Morgan fingerprint density at radius 1 is 0.792 bits per heavy atom. The lowest BCUT2D eigenvalue weighted by Crippen LogP contribution is -2.10. The van der Waals surface area contributed by atoms with E-state index in [1.54, 1.807) is 0 Å². The van der Waals surface area contributed by atoms with E-state index < -0.39 is 0 Å². The Hall–Kier alpha value is -0.240. The molecule has 0 aliphatic heterocycles. The topological polar surface area (TPSA) is 35.0 Å². The third-order valence-corrected chi connectivity index (χ3v) is 4.66. The van der Waals surface area contributed by atoms with Gasteiger partial charge in [0.1, 0.15) is 0 Å². The van der Waals surface area contributed by atoms with Crippen LogP contribution in [0.5, 0.6) is 0 Å². The average molecular weight is 376 g/mol. The first kappa shape index (κ1) is 26.0. The first-order valence-electron chi connectivity index (χ1n) is 9.33. The van der Waals surface area contributed by atoms with Crippen molar-refractivity contribution in [1.29, 1.82) is 0 Å². The van der Waals surface area contributed by atoms with Crippen molar-refractivity contribution >= 4 is 24.0 Å². The number of rotatable bonds is 12. The van der Waals surface area contributed by atoms with Gasteiger partial charge in [0.2, 0.25) is 0 Å². The maximum absolute atomic E-state index is 6.50. The number of aryl methyl sites for hydroxylation is 1. The molecule has 3 N–H and O–H groups in total. The monoisotopic (exact) mass is 375 g/mol. The summed E-state index contributed by atoms with van der Waals surface area (Å²) in [5.41, 5.74) is 2.73. The molecule has 0 saturated heterocycles. The summed E-state index contributed by atoms with van der Waals surface area (Å²) in [5, 5.41) is 0. The zero-order chi connectivity index (χ0) is 16.3. The van der Waals surface area contributed by atoms with E-state index in [2.05, 4.69) is 45.0 Å². The summed E-state index contributed by atoms with van der Waals surface area (Å²) in [6.45, 7) is 6.46. The zero-order valence-corrected chi connectivity index (χ0v) is 17.7. The molecule has 0 spiro atoms. The highest BCUT2D eigenvalue weighted by Gasteiger charge is 2.19. The molecule has 0 aromatic heterocycles. The maximum Gasteiger partial charge on any atom is 0.0641 e. The van der Waals surface area contributed by atoms with E-state index in [0.29, 0.717) is 0 Å². The van der Waals surface area contributed by atoms with Crippen molar-refractivity contribution in [3.05, 3.63) is 35.4 Å². The quantitative estimate of drug-likeness (QED) is 0.289. The molecule has 1 aromatic rings. The van der Waals surface area contributed by atoms with E-state index in [4.69, 9.17) is 11.6 Å². The van der Waals surface area contributed by atoms with Gasteiger partial charge in [-0.05, 0) is 37.8 Å². The number of unbranched alkanes of at least 4 members (excludes halogenated alkanes) is 9. The lowest BCUT2D eigenvalue weighted by molar-refractivity contribution is 0.555. The van der Waals surface area contributed by atoms with Crippen LogP contribution in [0, 0.1) is 0 Å². The second-order valence-electron chi connectivity index (χ2n) is 7.06. The number of alkyl halides is 1. The molecule has 0 aliphatic carbocycles. The van der Waals surface area contributed by atoms with Crippen molar-refractivity contribution in [3.63, 3.8) is 0 Å². The summed E-state index contributed by atoms with van der Waals surface area (Å²) in [7, 11) is 0. The van der Waals surface area contributed by atoms with Gasteiger partial charge in [-0.2, -0.15) is 0 Å². The molecule has 0 amide bonds. The summed E-state index contributed by atoms with van der Waals surface area (Å²) in [5.74, 6) is 0. The SMILES string of the molecule is CCCCCCCCCCCCc1ccccc1C(C)(C)Cl.Cl.N. The maximum atomic E-state index is 6.50. The van der Waals surface area contributed by atoms with Crippen molar-refractivity contribution in [1.82, 2.24) is 6.15 Å². The van der Waals surface area contributed by atoms with Crippen LogP contribution in [0.15, 0.2) is 24.3 Å². The molecule has 0 fully saturated rings. The minimum absolute atomic E-state index is 0. The summed E-state index contributed by atoms with van der Waals surface area (Å²) in [4.78, 5) is -0.255. The Kier molecular flexibility index (Phi) is 16.3. The van der Waals surface area contributed by atoms with Crippen LogP contribution < -0.4 is 6.15 Å². The van der Waals surface area contributed by atoms with Crippen molar-refractivity contribution in [2.24, 2.45) is 0 Å². The lowest BCUT2D eigenvalue weighted by Gasteiger charge is -2.20. The molecular weight excluding hydrogens is 337 g/mol. The third kappa shape index (κ3) is 11.3. The normalized spacial score (nSPS) is 10.8. The van der Waals surface area contributed by atoms with Gasteiger partial charge in [-0.3, -0.25) is 0 Å². The summed E-state index contributed by atoms with van der Waals surface area (Å²) < 4.78 is 0. The van der Waals surface area contributed by atoms with Gasteiger partial charge >= 0.3 is 0 Å². The fourth-order valence-electron chi connectivity index (χ4n) is 3.12. The van der Waals surface area contributed by atoms with E-state index >= 15 is 0 Å². The molecule has 142 valence electrons. The van der Waals surface area contributed by atoms with Gasteiger partial charge in [-0.15, -0.1) is 24.0 Å². The summed E-state index contributed by atoms with van der Waals surface area (Å²) in [6.07, 6.45) is 15.1. The highest BCUT2D eigenvalue weighted by molar-refractivity contribution is 6.23. The number of hydrogen-bond acceptors (Lipinski definition) is 1. The molecule has 0 bridgehead atoms. The molecule has 0 aliphatic rings. The van der Waals surface area contributed by atoms with Crippen LogP contribution in [0.1, 0.15) is 96.1 Å². The van der Waals surface area contributed by atoms with Crippen LogP contribution in [0.25, 0.3) is 0 Å². The molecule has 0 atom stereocenters. The zero-order valence-electron chi connectivity index (χ0n) is 16.1. The van der Waals surface area contributed by atoms with Crippen LogP contribution in [0.2, 0.25) is 0 Å². The minimum Gasteiger partial charge on any atom is -0.344 e. The van der Waals surface area contributed by atoms with Gasteiger partial charge in [0.05, 0.1) is 4.87 Å². The third-order valence-electron chi connectivity index (χ3n) is 4.46. The first-order chi connectivity index (χ1) is 10.6. The predicted molar refractivity (Wildman–Crippen MR) is 113 cm³/mol. The van der Waals surface area contributed by atoms with Crippen molar-refractivity contribution < 1.29 is 0 Å². The molecule has 0 unspecified atom stereocenters. The molecule has 0 heterocycles. The van der Waals surface area contributed by atoms with Gasteiger partial charge in [0, 0.05) is 0 Å². The molecule has 24 heavy (non-hydrogen) atoms. The summed E-state index contributed by atoms with van der Waals surface area (Å²) in [6, 6.07) is 8.66. The second-order valence-corrected chi connectivity index (χ2v) is 8.01. The van der Waals surface area contributed by atoms with Crippen molar-refractivity contribution in [2.45, 2.75) is 96.3 Å². The molecule has 0 radical (unpaired) electrons. The van der Waals surface area contributed by atoms with E-state index in [1.165, 1.54) is 81.8 Å². The second kappa shape index (κ2) is 15.0. The van der Waals surface area contributed by atoms with Crippen molar-refractivity contribution in [2.75, 3.05) is 0 Å². The fourth-order valence-corrected chi connectivity index (χ4v) is 3.31. The number of halogens is 2. The predicted octanol–water partition coefficient (Wildman–Crippen LogP) is 8.21. The minimum atomic E-state index is -0.255. The summed E-state index contributed by atoms with van der Waals surface area (Å²) >= 11 is 6.50. The Bertz CT molecular complexity index is 399. The Balaban J connectivity index is 0. The first-order valence-corrected chi connectivity index (χ1v) is 9.70. The van der Waals surface area contributed by atoms with Gasteiger partial charge in [-0.1, -0.05) is 89.0 Å². The standard InChI is InChI=1S/C21H35Cl.ClH.H3N/c1-4-5-6-7-8-9-10-11-12-13-16-19-17-14-15-18-20(19)21(2,3)22;;/h14-15,17-18H,4-13,16H2,1-3H3;1H;1H3. The Morgan fingerprint density at radius 3 is 1.75 bits per heavy atom. The van der Waals surface area contributed by atoms with Gasteiger partial charge in [0.25, 0.3) is 0 Å². The highest BCUT2D eigenvalue weighted by atomic mass is 35.5. The largest absolute Gasteiger partial charge is 0.344 e. The molecule has 3 heteroatoms. The lowest BCUT2D eigenvalue weighted by atomic mass is 9.93. The van der Waals surface area contributed by atoms with Crippen LogP contribution in [0.4, 0.5) is 0 Å². The van der Waals surface area contributed by atoms with E-state index in [9.17, 15) is 0 Å². The van der Waals surface area contributed by atoms with Gasteiger partial charge < -0.3 is 6.15 Å². The van der Waals surface area contributed by atoms with E-state index in [1.807, 2.05) is 0 Å². The Labute approximate surface area is 161 Å². The number of benzene rings is 1. The smallest absolute Gasteiger partial charge is 0.0641 e. The molecule has 1 nitrogen and oxygen atoms in total. The van der Waals surface area contributed by atoms with Crippen LogP contribution in [-0.2, 0) is 11.3 Å².